The zero-order valence-electron chi connectivity index (χ0n) is 11.7. The maximum Gasteiger partial charge on any atom is 0.234 e. The van der Waals surface area contributed by atoms with E-state index in [4.69, 9.17) is 0 Å². The SMILES string of the molecule is CC(NCC(=O)NC1CCCCCC1)c1cccs1. The summed E-state index contributed by atoms with van der Waals surface area (Å²) in [5.41, 5.74) is 0. The first-order valence-electron chi connectivity index (χ1n) is 7.32. The summed E-state index contributed by atoms with van der Waals surface area (Å²) in [4.78, 5) is 13.2. The van der Waals surface area contributed by atoms with Crippen molar-refractivity contribution in [3.8, 4) is 0 Å². The van der Waals surface area contributed by atoms with E-state index >= 15 is 0 Å². The van der Waals surface area contributed by atoms with Crippen molar-refractivity contribution >= 4 is 17.2 Å². The normalized spacial score (nSPS) is 18.8. The van der Waals surface area contributed by atoms with Crippen LogP contribution < -0.4 is 10.6 Å². The second-order valence-corrected chi connectivity index (χ2v) is 6.35. The van der Waals surface area contributed by atoms with Crippen molar-refractivity contribution in [1.82, 2.24) is 10.6 Å². The summed E-state index contributed by atoms with van der Waals surface area (Å²) >= 11 is 1.73. The van der Waals surface area contributed by atoms with Gasteiger partial charge in [0.1, 0.15) is 0 Å². The van der Waals surface area contributed by atoms with Gasteiger partial charge in [-0.15, -0.1) is 11.3 Å². The third kappa shape index (κ3) is 4.96. The maximum atomic E-state index is 11.9. The molecule has 0 aromatic carbocycles. The highest BCUT2D eigenvalue weighted by molar-refractivity contribution is 7.10. The fourth-order valence-corrected chi connectivity index (χ4v) is 3.35. The molecule has 0 bridgehead atoms. The molecule has 4 heteroatoms. The van der Waals surface area contributed by atoms with E-state index in [2.05, 4.69) is 29.0 Å². The highest BCUT2D eigenvalue weighted by atomic mass is 32.1. The van der Waals surface area contributed by atoms with Gasteiger partial charge in [0.05, 0.1) is 6.54 Å². The van der Waals surface area contributed by atoms with Gasteiger partial charge < -0.3 is 10.6 Å². The molecule has 1 fully saturated rings. The van der Waals surface area contributed by atoms with E-state index in [1.807, 2.05) is 6.07 Å². The molecular formula is C15H24N2OS. The van der Waals surface area contributed by atoms with Crippen LogP contribution in [0.5, 0.6) is 0 Å². The number of hydrogen-bond donors (Lipinski definition) is 2. The third-order valence-electron chi connectivity index (χ3n) is 3.76. The van der Waals surface area contributed by atoms with E-state index in [-0.39, 0.29) is 11.9 Å². The van der Waals surface area contributed by atoms with Crippen molar-refractivity contribution in [3.63, 3.8) is 0 Å². The Morgan fingerprint density at radius 3 is 2.74 bits per heavy atom. The molecule has 1 aromatic rings. The molecule has 0 radical (unpaired) electrons. The minimum atomic E-state index is 0.135. The molecule has 0 aliphatic heterocycles. The van der Waals surface area contributed by atoms with Crippen LogP contribution in [0.15, 0.2) is 17.5 Å². The quantitative estimate of drug-likeness (QED) is 0.813. The van der Waals surface area contributed by atoms with Crippen molar-refractivity contribution in [1.29, 1.82) is 0 Å². The topological polar surface area (TPSA) is 41.1 Å². The Morgan fingerprint density at radius 2 is 2.11 bits per heavy atom. The molecule has 1 aromatic heterocycles. The van der Waals surface area contributed by atoms with E-state index in [9.17, 15) is 4.79 Å². The molecule has 106 valence electrons. The lowest BCUT2D eigenvalue weighted by atomic mass is 10.1. The van der Waals surface area contributed by atoms with Crippen LogP contribution in [-0.4, -0.2) is 18.5 Å². The van der Waals surface area contributed by atoms with Crippen molar-refractivity contribution < 1.29 is 4.79 Å². The molecule has 1 heterocycles. The number of amides is 1. The average Bonchev–Trinajstić information content (AvgIpc) is 2.82. The van der Waals surface area contributed by atoms with Crippen LogP contribution in [0.25, 0.3) is 0 Å². The van der Waals surface area contributed by atoms with Crippen LogP contribution in [-0.2, 0) is 4.79 Å². The Bertz CT molecular complexity index is 370. The summed E-state index contributed by atoms with van der Waals surface area (Å²) in [6, 6.07) is 4.80. The smallest absolute Gasteiger partial charge is 0.234 e. The largest absolute Gasteiger partial charge is 0.352 e. The van der Waals surface area contributed by atoms with E-state index in [0.717, 1.165) is 12.8 Å². The minimum Gasteiger partial charge on any atom is -0.352 e. The lowest BCUT2D eigenvalue weighted by molar-refractivity contribution is -0.121. The van der Waals surface area contributed by atoms with Crippen LogP contribution >= 0.6 is 11.3 Å². The molecule has 1 amide bonds. The summed E-state index contributed by atoms with van der Waals surface area (Å²) in [7, 11) is 0. The molecule has 2 N–H and O–H groups in total. The number of hydrogen-bond acceptors (Lipinski definition) is 3. The molecule has 1 unspecified atom stereocenters. The monoisotopic (exact) mass is 280 g/mol. The average molecular weight is 280 g/mol. The predicted octanol–water partition coefficient (Wildman–Crippen LogP) is 3.24. The van der Waals surface area contributed by atoms with Gasteiger partial charge in [0.25, 0.3) is 0 Å². The highest BCUT2D eigenvalue weighted by Crippen LogP contribution is 2.18. The lowest BCUT2D eigenvalue weighted by Crippen LogP contribution is -2.40. The van der Waals surface area contributed by atoms with Gasteiger partial charge in [-0.25, -0.2) is 0 Å². The van der Waals surface area contributed by atoms with Crippen molar-refractivity contribution in [3.05, 3.63) is 22.4 Å². The first-order valence-corrected chi connectivity index (χ1v) is 8.20. The van der Waals surface area contributed by atoms with Crippen molar-refractivity contribution in [2.24, 2.45) is 0 Å². The Morgan fingerprint density at radius 1 is 1.37 bits per heavy atom. The predicted molar refractivity (Wildman–Crippen MR) is 80.4 cm³/mol. The second-order valence-electron chi connectivity index (χ2n) is 5.37. The number of carbonyl (C=O) groups is 1. The van der Waals surface area contributed by atoms with E-state index in [0.29, 0.717) is 12.6 Å². The zero-order chi connectivity index (χ0) is 13.5. The van der Waals surface area contributed by atoms with Crippen molar-refractivity contribution in [2.75, 3.05) is 6.54 Å². The second kappa shape index (κ2) is 7.65. The number of carbonyl (C=O) groups excluding carboxylic acids is 1. The molecule has 1 aliphatic rings. The molecule has 0 spiro atoms. The molecule has 1 aliphatic carbocycles. The summed E-state index contributed by atoms with van der Waals surface area (Å²) in [6.07, 6.45) is 7.44. The Hall–Kier alpha value is -0.870. The van der Waals surface area contributed by atoms with E-state index < -0.39 is 0 Å². The molecular weight excluding hydrogens is 256 g/mol. The molecule has 1 saturated carbocycles. The summed E-state index contributed by atoms with van der Waals surface area (Å²) in [5, 5.41) is 8.52. The molecule has 2 rings (SSSR count). The van der Waals surface area contributed by atoms with Gasteiger partial charge in [-0.3, -0.25) is 4.79 Å². The van der Waals surface area contributed by atoms with Gasteiger partial charge in [0.2, 0.25) is 5.91 Å². The zero-order valence-corrected chi connectivity index (χ0v) is 12.5. The van der Waals surface area contributed by atoms with Gasteiger partial charge in [-0.2, -0.15) is 0 Å². The summed E-state index contributed by atoms with van der Waals surface area (Å²) < 4.78 is 0. The van der Waals surface area contributed by atoms with Crippen LogP contribution in [0.2, 0.25) is 0 Å². The summed E-state index contributed by atoms with van der Waals surface area (Å²) in [6.45, 7) is 2.51. The standard InChI is InChI=1S/C15H24N2OS/c1-12(14-9-6-10-19-14)16-11-15(18)17-13-7-4-2-3-5-8-13/h6,9-10,12-13,16H,2-5,7-8,11H2,1H3,(H,17,18). The van der Waals surface area contributed by atoms with Crippen molar-refractivity contribution in [2.45, 2.75) is 57.5 Å². The number of rotatable bonds is 5. The number of thiophene rings is 1. The number of nitrogens with one attached hydrogen (secondary N) is 2. The molecule has 0 saturated heterocycles. The summed E-state index contributed by atoms with van der Waals surface area (Å²) in [5.74, 6) is 0.135. The Balaban J connectivity index is 1.69. The molecule has 19 heavy (non-hydrogen) atoms. The first-order chi connectivity index (χ1) is 9.25. The van der Waals surface area contributed by atoms with Crippen LogP contribution in [0.1, 0.15) is 56.4 Å². The highest BCUT2D eigenvalue weighted by Gasteiger charge is 2.15. The van der Waals surface area contributed by atoms with E-state index in [1.165, 1.54) is 30.6 Å². The Kier molecular flexibility index (Phi) is 5.86. The third-order valence-corrected chi connectivity index (χ3v) is 4.81. The van der Waals surface area contributed by atoms with E-state index in [1.54, 1.807) is 11.3 Å². The van der Waals surface area contributed by atoms with Gasteiger partial charge in [-0.05, 0) is 31.2 Å². The van der Waals surface area contributed by atoms with Crippen LogP contribution in [0.4, 0.5) is 0 Å². The minimum absolute atomic E-state index is 0.135. The molecule has 1 atom stereocenters. The van der Waals surface area contributed by atoms with Crippen LogP contribution in [0.3, 0.4) is 0 Å². The maximum absolute atomic E-state index is 11.9. The fourth-order valence-electron chi connectivity index (χ4n) is 2.59. The fraction of sp³-hybridized carbons (Fsp3) is 0.667. The first kappa shape index (κ1) is 14.5. The van der Waals surface area contributed by atoms with Gasteiger partial charge >= 0.3 is 0 Å². The van der Waals surface area contributed by atoms with Gasteiger partial charge in [-0.1, -0.05) is 31.7 Å². The van der Waals surface area contributed by atoms with Gasteiger partial charge in [0.15, 0.2) is 0 Å². The van der Waals surface area contributed by atoms with Crippen LogP contribution in [0, 0.1) is 0 Å². The molecule has 3 nitrogen and oxygen atoms in total. The van der Waals surface area contributed by atoms with Gasteiger partial charge in [0, 0.05) is 17.0 Å². The Labute approximate surface area is 119 Å². The lowest BCUT2D eigenvalue weighted by Gasteiger charge is -2.17.